The molecule has 2 aromatic carbocycles. The summed E-state index contributed by atoms with van der Waals surface area (Å²) in [7, 11) is 0. The number of benzene rings is 2. The number of carbonyl (C=O) groups excluding carboxylic acids is 1. The minimum atomic E-state index is -0.475. The van der Waals surface area contributed by atoms with Crippen molar-refractivity contribution in [3.63, 3.8) is 0 Å². The van der Waals surface area contributed by atoms with Crippen LogP contribution in [0.3, 0.4) is 0 Å². The third-order valence-electron chi connectivity index (χ3n) is 4.12. The normalized spacial score (nSPS) is 12.9. The van der Waals surface area contributed by atoms with Gasteiger partial charge in [-0.2, -0.15) is 5.26 Å². The van der Waals surface area contributed by atoms with E-state index in [9.17, 15) is 9.18 Å². The second-order valence-electron chi connectivity index (χ2n) is 5.90. The Labute approximate surface area is 164 Å². The predicted octanol–water partition coefficient (Wildman–Crippen LogP) is 2.75. The Morgan fingerprint density at radius 3 is 2.93 bits per heavy atom. The molecule has 0 bridgehead atoms. The van der Waals surface area contributed by atoms with E-state index >= 15 is 0 Å². The molecule has 0 N–H and O–H groups in total. The number of nitrogens with zero attached hydrogens (tertiary/aromatic N) is 5. The zero-order valence-corrected chi connectivity index (χ0v) is 15.4. The number of hydrogen-bond donors (Lipinski definition) is 0. The maximum Gasteiger partial charge on any atom is 0.272 e. The molecule has 4 rings (SSSR count). The number of aromatic nitrogens is 3. The van der Waals surface area contributed by atoms with Crippen LogP contribution >= 0.6 is 11.8 Å². The first-order chi connectivity index (χ1) is 13.7. The molecule has 9 heteroatoms. The van der Waals surface area contributed by atoms with E-state index < -0.39 is 5.82 Å². The van der Waals surface area contributed by atoms with Crippen molar-refractivity contribution in [2.24, 2.45) is 0 Å². The highest BCUT2D eigenvalue weighted by Crippen LogP contribution is 2.25. The summed E-state index contributed by atoms with van der Waals surface area (Å²) in [4.78, 5) is 13.0. The van der Waals surface area contributed by atoms with Crippen LogP contribution in [0.1, 0.15) is 21.7 Å². The van der Waals surface area contributed by atoms with Crippen molar-refractivity contribution in [2.75, 3.05) is 17.3 Å². The Bertz CT molecular complexity index is 1080. The maximum absolute atomic E-state index is 13.8. The van der Waals surface area contributed by atoms with Crippen LogP contribution in [-0.2, 0) is 6.61 Å². The molecular weight excluding hydrogens is 381 g/mol. The van der Waals surface area contributed by atoms with Gasteiger partial charge < -0.3 is 4.74 Å². The van der Waals surface area contributed by atoms with E-state index in [0.29, 0.717) is 34.4 Å². The molecule has 0 aliphatic carbocycles. The van der Waals surface area contributed by atoms with E-state index in [1.807, 2.05) is 6.07 Å². The zero-order valence-electron chi connectivity index (χ0n) is 14.6. The molecule has 28 heavy (non-hydrogen) atoms. The number of amides is 1. The van der Waals surface area contributed by atoms with Gasteiger partial charge in [0.1, 0.15) is 6.61 Å². The standard InChI is InChI=1S/C19H14FN5O2S/c20-15-6-1-2-7-16(15)27-12-17-22-23-19-25(17)24(8-9-28-19)18(26)14-5-3-4-13(10-14)11-21/h1-7,10H,8-9,12H2. The van der Waals surface area contributed by atoms with Gasteiger partial charge >= 0.3 is 0 Å². The first-order valence-electron chi connectivity index (χ1n) is 8.44. The second-order valence-corrected chi connectivity index (χ2v) is 6.96. The average molecular weight is 395 g/mol. The molecule has 0 fully saturated rings. The first kappa shape index (κ1) is 18.0. The van der Waals surface area contributed by atoms with Crippen LogP contribution in [0.15, 0.2) is 53.7 Å². The van der Waals surface area contributed by atoms with Crippen molar-refractivity contribution < 1.29 is 13.9 Å². The minimum Gasteiger partial charge on any atom is -0.482 e. The van der Waals surface area contributed by atoms with E-state index in [2.05, 4.69) is 10.2 Å². The van der Waals surface area contributed by atoms with Crippen molar-refractivity contribution in [2.45, 2.75) is 11.8 Å². The van der Waals surface area contributed by atoms with Gasteiger partial charge in [0.25, 0.3) is 5.91 Å². The fourth-order valence-electron chi connectivity index (χ4n) is 2.81. The molecule has 0 radical (unpaired) electrons. The number of fused-ring (bicyclic) bond motifs is 1. The van der Waals surface area contributed by atoms with Gasteiger partial charge in [-0.25, -0.2) is 14.1 Å². The van der Waals surface area contributed by atoms with Gasteiger partial charge in [0.05, 0.1) is 18.2 Å². The highest BCUT2D eigenvalue weighted by atomic mass is 32.2. The molecule has 0 saturated carbocycles. The maximum atomic E-state index is 13.8. The lowest BCUT2D eigenvalue weighted by atomic mass is 10.1. The number of nitriles is 1. The van der Waals surface area contributed by atoms with E-state index in [0.717, 1.165) is 0 Å². The first-order valence-corrected chi connectivity index (χ1v) is 9.42. The fraction of sp³-hybridized carbons (Fsp3) is 0.158. The van der Waals surface area contributed by atoms with Gasteiger partial charge in [-0.15, -0.1) is 10.2 Å². The topological polar surface area (TPSA) is 84.0 Å². The lowest BCUT2D eigenvalue weighted by Gasteiger charge is -2.29. The zero-order chi connectivity index (χ0) is 19.5. The number of halogens is 1. The molecule has 1 aliphatic heterocycles. The summed E-state index contributed by atoms with van der Waals surface area (Å²) in [6, 6.07) is 14.6. The number of rotatable bonds is 4. The Kier molecular flexibility index (Phi) is 4.95. The van der Waals surface area contributed by atoms with Crippen molar-refractivity contribution >= 4 is 17.7 Å². The SMILES string of the molecule is N#Cc1cccc(C(=O)N2CCSc3nnc(COc4ccccc4F)n32)c1. The molecule has 1 aliphatic rings. The molecule has 1 aromatic heterocycles. The van der Waals surface area contributed by atoms with Crippen LogP contribution in [-0.4, -0.2) is 33.1 Å². The van der Waals surface area contributed by atoms with Gasteiger partial charge in [-0.05, 0) is 30.3 Å². The summed E-state index contributed by atoms with van der Waals surface area (Å²) >= 11 is 1.47. The van der Waals surface area contributed by atoms with Gasteiger partial charge in [0.15, 0.2) is 17.4 Å². The van der Waals surface area contributed by atoms with Gasteiger partial charge in [-0.3, -0.25) is 4.79 Å². The third kappa shape index (κ3) is 3.42. The number of ether oxygens (including phenoxy) is 1. The summed E-state index contributed by atoms with van der Waals surface area (Å²) in [6.07, 6.45) is 0. The lowest BCUT2D eigenvalue weighted by Crippen LogP contribution is -2.45. The van der Waals surface area contributed by atoms with Crippen LogP contribution in [0.25, 0.3) is 0 Å². The van der Waals surface area contributed by atoms with Crippen LogP contribution in [0, 0.1) is 17.1 Å². The summed E-state index contributed by atoms with van der Waals surface area (Å²) < 4.78 is 20.9. The van der Waals surface area contributed by atoms with Gasteiger partial charge in [0.2, 0.25) is 5.16 Å². The number of hydrogen-bond acceptors (Lipinski definition) is 6. The highest BCUT2D eigenvalue weighted by Gasteiger charge is 2.28. The quantitative estimate of drug-likeness (QED) is 0.675. The smallest absolute Gasteiger partial charge is 0.272 e. The van der Waals surface area contributed by atoms with E-state index in [1.54, 1.807) is 41.1 Å². The average Bonchev–Trinajstić information content (AvgIpc) is 3.16. The number of carbonyl (C=O) groups is 1. The second kappa shape index (κ2) is 7.70. The van der Waals surface area contributed by atoms with Gasteiger partial charge in [-0.1, -0.05) is 30.0 Å². The van der Waals surface area contributed by atoms with Crippen LogP contribution in [0.5, 0.6) is 5.75 Å². The monoisotopic (exact) mass is 395 g/mol. The van der Waals surface area contributed by atoms with Gasteiger partial charge in [0, 0.05) is 11.3 Å². The molecule has 7 nitrogen and oxygen atoms in total. The molecular formula is C19H14FN5O2S. The summed E-state index contributed by atoms with van der Waals surface area (Å²) in [5.74, 6) is 0.399. The Hall–Kier alpha value is -3.38. The minimum absolute atomic E-state index is 0.0451. The van der Waals surface area contributed by atoms with Crippen LogP contribution in [0.2, 0.25) is 0 Å². The van der Waals surface area contributed by atoms with E-state index in [1.165, 1.54) is 28.9 Å². The molecule has 0 spiro atoms. The summed E-state index contributed by atoms with van der Waals surface area (Å²) in [5, 5.41) is 19.4. The van der Waals surface area contributed by atoms with Crippen molar-refractivity contribution in [3.8, 4) is 11.8 Å². The van der Waals surface area contributed by atoms with Crippen molar-refractivity contribution in [1.82, 2.24) is 14.9 Å². The fourth-order valence-corrected chi connectivity index (χ4v) is 3.68. The molecule has 2 heterocycles. The Balaban J connectivity index is 1.62. The number of para-hydroxylation sites is 1. The van der Waals surface area contributed by atoms with Crippen molar-refractivity contribution in [3.05, 3.63) is 71.3 Å². The number of thioether (sulfide) groups is 1. The summed E-state index contributed by atoms with van der Waals surface area (Å²) in [6.45, 7) is 0.397. The van der Waals surface area contributed by atoms with E-state index in [-0.39, 0.29) is 18.3 Å². The summed E-state index contributed by atoms with van der Waals surface area (Å²) in [5.41, 5.74) is 0.802. The van der Waals surface area contributed by atoms with E-state index in [4.69, 9.17) is 10.00 Å². The largest absolute Gasteiger partial charge is 0.482 e. The molecule has 0 atom stereocenters. The molecule has 140 valence electrons. The Morgan fingerprint density at radius 1 is 1.25 bits per heavy atom. The third-order valence-corrected chi connectivity index (χ3v) is 5.02. The molecule has 0 unspecified atom stereocenters. The molecule has 0 saturated heterocycles. The predicted molar refractivity (Wildman–Crippen MR) is 100 cm³/mol. The molecule has 1 amide bonds. The lowest BCUT2D eigenvalue weighted by molar-refractivity contribution is 0.0952. The van der Waals surface area contributed by atoms with Crippen LogP contribution < -0.4 is 9.75 Å². The Morgan fingerprint density at radius 2 is 2.11 bits per heavy atom. The highest BCUT2D eigenvalue weighted by molar-refractivity contribution is 7.99. The molecule has 3 aromatic rings. The van der Waals surface area contributed by atoms with Crippen molar-refractivity contribution in [1.29, 1.82) is 5.26 Å². The van der Waals surface area contributed by atoms with Crippen LogP contribution in [0.4, 0.5) is 4.39 Å².